The summed E-state index contributed by atoms with van der Waals surface area (Å²) in [6.45, 7) is 1.08. The minimum atomic E-state index is 0.273. The van der Waals surface area contributed by atoms with E-state index in [1.807, 2.05) is 24.3 Å². The van der Waals surface area contributed by atoms with Crippen LogP contribution in [-0.4, -0.2) is 15.3 Å². The molecule has 0 saturated heterocycles. The van der Waals surface area contributed by atoms with Gasteiger partial charge in [-0.2, -0.15) is 0 Å². The van der Waals surface area contributed by atoms with Crippen molar-refractivity contribution in [1.82, 2.24) is 9.55 Å². The summed E-state index contributed by atoms with van der Waals surface area (Å²) in [4.78, 5) is 17.1. The number of halogens is 1. The summed E-state index contributed by atoms with van der Waals surface area (Å²) in [5, 5.41) is 0. The summed E-state index contributed by atoms with van der Waals surface area (Å²) in [5.41, 5.74) is 4.44. The first-order valence-electron chi connectivity index (χ1n) is 9.09. The van der Waals surface area contributed by atoms with Crippen LogP contribution in [0.15, 0.2) is 59.2 Å². The Balaban J connectivity index is 1.40. The lowest BCUT2D eigenvalue weighted by Crippen LogP contribution is -2.04. The van der Waals surface area contributed by atoms with Gasteiger partial charge in [-0.15, -0.1) is 0 Å². The number of hydrogen-bond acceptors (Lipinski definition) is 2. The number of aryl methyl sites for hydroxylation is 3. The Kier molecular flexibility index (Phi) is 5.02. The number of hydrogen-bond donors (Lipinski definition) is 0. The van der Waals surface area contributed by atoms with Gasteiger partial charge >= 0.3 is 0 Å². The van der Waals surface area contributed by atoms with Crippen molar-refractivity contribution in [3.05, 3.63) is 76.2 Å². The molecule has 3 nitrogen and oxygen atoms in total. The molecule has 0 unspecified atom stereocenters. The predicted octanol–water partition coefficient (Wildman–Crippen LogP) is 5.00. The van der Waals surface area contributed by atoms with Crippen LogP contribution in [0.3, 0.4) is 0 Å². The molecule has 4 rings (SSSR count). The van der Waals surface area contributed by atoms with Crippen molar-refractivity contribution in [1.29, 1.82) is 0 Å². The number of rotatable bonds is 6. The van der Waals surface area contributed by atoms with Crippen molar-refractivity contribution < 1.29 is 4.79 Å². The van der Waals surface area contributed by atoms with E-state index in [4.69, 9.17) is 4.98 Å². The molecular formula is C22H21BrN2O. The van der Waals surface area contributed by atoms with Gasteiger partial charge in [0.05, 0.1) is 5.69 Å². The first-order chi connectivity index (χ1) is 12.7. The standard InChI is InChI=1S/C22H21BrN2O/c23-19-7-2-5-17(13-19)14-20(26)10-9-16-4-1-6-18(12-16)21-15-25-11-3-8-22(25)24-21/h1-2,4-7,12-13,15H,3,8-11,14H2. The van der Waals surface area contributed by atoms with Gasteiger partial charge in [-0.05, 0) is 42.2 Å². The van der Waals surface area contributed by atoms with E-state index in [-0.39, 0.29) is 5.78 Å². The number of carbonyl (C=O) groups excluding carboxylic acids is 1. The second-order valence-electron chi connectivity index (χ2n) is 6.89. The van der Waals surface area contributed by atoms with Crippen molar-refractivity contribution >= 4 is 21.7 Å². The second-order valence-corrected chi connectivity index (χ2v) is 7.80. The van der Waals surface area contributed by atoms with Crippen LogP contribution in [0.2, 0.25) is 0 Å². The van der Waals surface area contributed by atoms with Crippen LogP contribution < -0.4 is 0 Å². The minimum absolute atomic E-state index is 0.273. The lowest BCUT2D eigenvalue weighted by Gasteiger charge is -2.05. The second kappa shape index (κ2) is 7.58. The van der Waals surface area contributed by atoms with Crippen LogP contribution in [0.1, 0.15) is 29.8 Å². The molecule has 0 amide bonds. The number of Topliss-reactive ketones (excluding diaryl/α,β-unsaturated/α-hetero) is 1. The van der Waals surface area contributed by atoms with E-state index in [1.54, 1.807) is 0 Å². The van der Waals surface area contributed by atoms with E-state index >= 15 is 0 Å². The third-order valence-corrected chi connectivity index (χ3v) is 5.36. The molecule has 0 spiro atoms. The van der Waals surface area contributed by atoms with Gasteiger partial charge in [0.25, 0.3) is 0 Å². The fourth-order valence-electron chi connectivity index (χ4n) is 3.53. The zero-order valence-electron chi connectivity index (χ0n) is 14.6. The van der Waals surface area contributed by atoms with Gasteiger partial charge < -0.3 is 4.57 Å². The van der Waals surface area contributed by atoms with Crippen LogP contribution in [0.5, 0.6) is 0 Å². The molecule has 26 heavy (non-hydrogen) atoms. The van der Waals surface area contributed by atoms with Crippen LogP contribution in [-0.2, 0) is 30.6 Å². The number of benzene rings is 2. The number of aromatic nitrogens is 2. The third kappa shape index (κ3) is 3.96. The summed E-state index contributed by atoms with van der Waals surface area (Å²) in [6.07, 6.45) is 6.25. The lowest BCUT2D eigenvalue weighted by molar-refractivity contribution is -0.118. The number of fused-ring (bicyclic) bond motifs is 1. The molecule has 0 bridgehead atoms. The molecule has 4 heteroatoms. The highest BCUT2D eigenvalue weighted by Gasteiger charge is 2.14. The number of imidazole rings is 1. The summed E-state index contributed by atoms with van der Waals surface area (Å²) in [6, 6.07) is 16.4. The zero-order chi connectivity index (χ0) is 17.9. The van der Waals surface area contributed by atoms with Gasteiger partial charge in [0.2, 0.25) is 0 Å². The molecule has 0 radical (unpaired) electrons. The number of carbonyl (C=O) groups is 1. The highest BCUT2D eigenvalue weighted by molar-refractivity contribution is 9.10. The van der Waals surface area contributed by atoms with Gasteiger partial charge in [-0.1, -0.05) is 46.3 Å². The number of ketones is 1. The molecule has 2 aromatic carbocycles. The highest BCUT2D eigenvalue weighted by Crippen LogP contribution is 2.24. The predicted molar refractivity (Wildman–Crippen MR) is 107 cm³/mol. The fraction of sp³-hybridized carbons (Fsp3) is 0.273. The largest absolute Gasteiger partial charge is 0.334 e. The highest BCUT2D eigenvalue weighted by atomic mass is 79.9. The van der Waals surface area contributed by atoms with E-state index in [9.17, 15) is 4.79 Å². The molecule has 3 aromatic rings. The quantitative estimate of drug-likeness (QED) is 0.574. The Labute approximate surface area is 162 Å². The Morgan fingerprint density at radius 1 is 1.12 bits per heavy atom. The summed E-state index contributed by atoms with van der Waals surface area (Å²) in [7, 11) is 0. The van der Waals surface area contributed by atoms with Gasteiger partial charge in [0, 0.05) is 42.0 Å². The Morgan fingerprint density at radius 3 is 2.81 bits per heavy atom. The van der Waals surface area contributed by atoms with E-state index in [1.165, 1.54) is 17.8 Å². The van der Waals surface area contributed by atoms with Gasteiger partial charge in [0.15, 0.2) is 0 Å². The van der Waals surface area contributed by atoms with E-state index in [0.29, 0.717) is 12.8 Å². The third-order valence-electron chi connectivity index (χ3n) is 4.86. The average molecular weight is 409 g/mol. The van der Waals surface area contributed by atoms with Crippen LogP contribution in [0.4, 0.5) is 0 Å². The maximum atomic E-state index is 12.3. The normalized spacial score (nSPS) is 13.0. The van der Waals surface area contributed by atoms with Gasteiger partial charge in [-0.25, -0.2) is 4.98 Å². The summed E-state index contributed by atoms with van der Waals surface area (Å²) >= 11 is 3.46. The first kappa shape index (κ1) is 17.2. The van der Waals surface area contributed by atoms with E-state index in [0.717, 1.165) is 40.7 Å². The molecule has 1 aliphatic rings. The molecule has 0 atom stereocenters. The monoisotopic (exact) mass is 408 g/mol. The molecule has 2 heterocycles. The average Bonchev–Trinajstić information content (AvgIpc) is 3.22. The van der Waals surface area contributed by atoms with Crippen molar-refractivity contribution in [2.75, 3.05) is 0 Å². The van der Waals surface area contributed by atoms with Crippen molar-refractivity contribution in [2.45, 2.75) is 38.6 Å². The van der Waals surface area contributed by atoms with Crippen LogP contribution in [0, 0.1) is 0 Å². The van der Waals surface area contributed by atoms with Crippen molar-refractivity contribution in [3.8, 4) is 11.3 Å². The first-order valence-corrected chi connectivity index (χ1v) is 9.88. The molecule has 132 valence electrons. The van der Waals surface area contributed by atoms with E-state index < -0.39 is 0 Å². The maximum Gasteiger partial charge on any atom is 0.137 e. The van der Waals surface area contributed by atoms with Crippen molar-refractivity contribution in [2.24, 2.45) is 0 Å². The molecule has 0 N–H and O–H groups in total. The van der Waals surface area contributed by atoms with Gasteiger partial charge in [-0.3, -0.25) is 4.79 Å². The lowest BCUT2D eigenvalue weighted by atomic mass is 10.0. The fourth-order valence-corrected chi connectivity index (χ4v) is 3.97. The van der Waals surface area contributed by atoms with Gasteiger partial charge in [0.1, 0.15) is 11.6 Å². The Hall–Kier alpha value is -2.20. The summed E-state index contributed by atoms with van der Waals surface area (Å²) in [5.74, 6) is 1.46. The molecule has 1 aliphatic heterocycles. The molecule has 0 saturated carbocycles. The summed E-state index contributed by atoms with van der Waals surface area (Å²) < 4.78 is 3.27. The minimum Gasteiger partial charge on any atom is -0.334 e. The zero-order valence-corrected chi connectivity index (χ0v) is 16.2. The topological polar surface area (TPSA) is 34.9 Å². The Bertz CT molecular complexity index is 923. The molecule has 1 aromatic heterocycles. The SMILES string of the molecule is O=C(CCc1cccc(-c2cn3c(n2)CCC3)c1)Cc1cccc(Br)c1. The maximum absolute atomic E-state index is 12.3. The van der Waals surface area contributed by atoms with Crippen molar-refractivity contribution in [3.63, 3.8) is 0 Å². The molecule has 0 fully saturated rings. The van der Waals surface area contributed by atoms with Crippen LogP contribution in [0.25, 0.3) is 11.3 Å². The van der Waals surface area contributed by atoms with E-state index in [2.05, 4.69) is 51.0 Å². The smallest absolute Gasteiger partial charge is 0.137 e. The van der Waals surface area contributed by atoms with Crippen LogP contribution >= 0.6 is 15.9 Å². The Morgan fingerprint density at radius 2 is 1.96 bits per heavy atom. The molecular weight excluding hydrogens is 388 g/mol. The molecule has 0 aliphatic carbocycles. The number of nitrogens with zero attached hydrogens (tertiary/aromatic N) is 2.